The molecule has 0 aliphatic heterocycles. The summed E-state index contributed by atoms with van der Waals surface area (Å²) < 4.78 is 44.5. The number of methoxy groups -OCH3 is 2. The van der Waals surface area contributed by atoms with E-state index in [1.54, 1.807) is 32.4 Å². The highest BCUT2D eigenvalue weighted by Crippen LogP contribution is 2.28. The van der Waals surface area contributed by atoms with Crippen molar-refractivity contribution in [2.45, 2.75) is 0 Å². The van der Waals surface area contributed by atoms with Crippen molar-refractivity contribution in [3.8, 4) is 11.5 Å². The van der Waals surface area contributed by atoms with E-state index in [4.69, 9.17) is 27.0 Å². The lowest BCUT2D eigenvalue weighted by Gasteiger charge is -2.07. The summed E-state index contributed by atoms with van der Waals surface area (Å²) in [6.07, 6.45) is 3.61. The van der Waals surface area contributed by atoms with E-state index < -0.39 is 16.4 Å². The third-order valence-electron chi connectivity index (χ3n) is 3.59. The highest BCUT2D eigenvalue weighted by molar-refractivity contribution is 7.79. The molecule has 0 saturated heterocycles. The van der Waals surface area contributed by atoms with Gasteiger partial charge in [-0.2, -0.15) is 0 Å². The molecule has 0 atom stereocenters. The Kier molecular flexibility index (Phi) is 6.93. The SMILES string of the molecule is COc1ccc(/C=C/c2nc3c(C(=O)[O-])cccc3[nH]2)cc1OC.O=S(=O)([O-])[O-]. The van der Waals surface area contributed by atoms with Crippen molar-refractivity contribution in [1.82, 2.24) is 9.97 Å². The summed E-state index contributed by atoms with van der Waals surface area (Å²) in [7, 11) is -2.01. The van der Waals surface area contributed by atoms with Crippen LogP contribution in [0.25, 0.3) is 23.2 Å². The number of carboxylic acid groups (broad SMARTS) is 1. The minimum atomic E-state index is -5.17. The van der Waals surface area contributed by atoms with E-state index in [1.807, 2.05) is 24.3 Å². The molecule has 0 bridgehead atoms. The molecular weight excluding hydrogens is 404 g/mol. The molecule has 0 fully saturated rings. The minimum Gasteiger partial charge on any atom is -0.759 e. The summed E-state index contributed by atoms with van der Waals surface area (Å²) in [4.78, 5) is 18.5. The summed E-state index contributed by atoms with van der Waals surface area (Å²) >= 11 is 0. The number of rotatable bonds is 5. The topological polar surface area (TPSA) is 168 Å². The van der Waals surface area contributed by atoms with Crippen molar-refractivity contribution in [3.63, 3.8) is 0 Å². The molecule has 3 rings (SSSR count). The summed E-state index contributed by atoms with van der Waals surface area (Å²) in [6, 6.07) is 10.4. The molecule has 1 N–H and O–H groups in total. The molecular formula is C18H15N2O8S-3. The third kappa shape index (κ3) is 6.31. The first-order valence-electron chi connectivity index (χ1n) is 7.89. The maximum absolute atomic E-state index is 11.1. The first-order valence-corrected chi connectivity index (χ1v) is 9.22. The standard InChI is InChI=1S/C18H16N2O4.H2O4S/c1-23-14-8-6-11(10-15(14)24-2)7-9-16-19-13-5-3-4-12(18(21)22)17(13)20-16;1-5(2,3)4/h3-10H,1-2H3,(H,19,20)(H,21,22);(H2,1,2,3,4)/p-3/b9-7+;. The molecule has 2 aromatic carbocycles. The molecule has 1 aromatic heterocycles. The van der Waals surface area contributed by atoms with Crippen LogP contribution in [0.1, 0.15) is 21.7 Å². The number of imidazole rings is 1. The number of carboxylic acids is 1. The molecule has 1 heterocycles. The number of fused-ring (bicyclic) bond motifs is 1. The molecule has 29 heavy (non-hydrogen) atoms. The maximum atomic E-state index is 11.1. The van der Waals surface area contributed by atoms with Gasteiger partial charge < -0.3 is 33.5 Å². The van der Waals surface area contributed by atoms with Crippen LogP contribution in [0.5, 0.6) is 11.5 Å². The van der Waals surface area contributed by atoms with E-state index in [-0.39, 0.29) is 5.56 Å². The number of nitrogens with zero attached hydrogens (tertiary/aromatic N) is 1. The number of aromatic amines is 1. The van der Waals surface area contributed by atoms with Crippen LogP contribution >= 0.6 is 0 Å². The van der Waals surface area contributed by atoms with Gasteiger partial charge in [0.2, 0.25) is 0 Å². The largest absolute Gasteiger partial charge is 0.759 e. The monoisotopic (exact) mass is 419 g/mol. The molecule has 0 spiro atoms. The Morgan fingerprint density at radius 2 is 1.72 bits per heavy atom. The first kappa shape index (κ1) is 21.9. The van der Waals surface area contributed by atoms with Crippen LogP contribution in [0.3, 0.4) is 0 Å². The van der Waals surface area contributed by atoms with Crippen molar-refractivity contribution in [2.24, 2.45) is 0 Å². The second-order valence-corrected chi connectivity index (χ2v) is 6.28. The number of hydrogen-bond acceptors (Lipinski definition) is 9. The van der Waals surface area contributed by atoms with E-state index >= 15 is 0 Å². The molecule has 0 saturated carbocycles. The summed E-state index contributed by atoms with van der Waals surface area (Å²) in [5.74, 6) is 0.580. The predicted molar refractivity (Wildman–Crippen MR) is 99.4 cm³/mol. The average molecular weight is 419 g/mol. The number of benzene rings is 2. The lowest BCUT2D eigenvalue weighted by Crippen LogP contribution is -2.22. The van der Waals surface area contributed by atoms with E-state index in [1.165, 1.54) is 6.07 Å². The van der Waals surface area contributed by atoms with Gasteiger partial charge in [-0.05, 0) is 29.8 Å². The second kappa shape index (κ2) is 9.19. The van der Waals surface area contributed by atoms with Gasteiger partial charge >= 0.3 is 0 Å². The molecule has 0 aliphatic carbocycles. The number of H-pyrrole nitrogens is 1. The van der Waals surface area contributed by atoms with Gasteiger partial charge in [-0.3, -0.25) is 8.42 Å². The molecule has 10 nitrogen and oxygen atoms in total. The van der Waals surface area contributed by atoms with Gasteiger partial charge in [0.1, 0.15) is 5.82 Å². The van der Waals surface area contributed by atoms with Crippen LogP contribution in [-0.4, -0.2) is 47.7 Å². The van der Waals surface area contributed by atoms with Gasteiger partial charge in [0, 0.05) is 16.0 Å². The van der Waals surface area contributed by atoms with Crippen molar-refractivity contribution >= 4 is 39.6 Å². The van der Waals surface area contributed by atoms with Crippen LogP contribution in [0.15, 0.2) is 36.4 Å². The Balaban J connectivity index is 0.000000537. The number of ether oxygens (including phenoxy) is 2. The van der Waals surface area contributed by atoms with Crippen LogP contribution < -0.4 is 14.6 Å². The number of hydrogen-bond donors (Lipinski definition) is 1. The number of aromatic nitrogens is 2. The summed E-state index contributed by atoms with van der Waals surface area (Å²) in [5.41, 5.74) is 1.98. The van der Waals surface area contributed by atoms with Crippen molar-refractivity contribution in [1.29, 1.82) is 0 Å². The van der Waals surface area contributed by atoms with E-state index in [0.29, 0.717) is 28.4 Å². The molecule has 154 valence electrons. The Labute approximate surface area is 166 Å². The fraction of sp³-hybridized carbons (Fsp3) is 0.111. The Hall–Kier alpha value is -3.41. The van der Waals surface area contributed by atoms with Crippen molar-refractivity contribution in [2.75, 3.05) is 14.2 Å². The second-order valence-electron chi connectivity index (χ2n) is 5.47. The maximum Gasteiger partial charge on any atom is 0.161 e. The van der Waals surface area contributed by atoms with Crippen molar-refractivity contribution in [3.05, 3.63) is 53.3 Å². The number of carbonyl (C=O) groups excluding carboxylic acids is 1. The summed E-state index contributed by atoms with van der Waals surface area (Å²) in [6.45, 7) is 0. The Morgan fingerprint density at radius 1 is 1.07 bits per heavy atom. The van der Waals surface area contributed by atoms with E-state index in [2.05, 4.69) is 9.97 Å². The van der Waals surface area contributed by atoms with Crippen LogP contribution in [0.4, 0.5) is 0 Å². The fourth-order valence-electron chi connectivity index (χ4n) is 2.43. The Bertz CT molecular complexity index is 1140. The molecule has 0 radical (unpaired) electrons. The molecule has 0 aliphatic rings. The zero-order valence-corrected chi connectivity index (χ0v) is 16.1. The zero-order chi connectivity index (χ0) is 21.6. The molecule has 0 unspecified atom stereocenters. The molecule has 3 aromatic rings. The smallest absolute Gasteiger partial charge is 0.161 e. The normalized spacial score (nSPS) is 11.2. The molecule has 0 amide bonds. The lowest BCUT2D eigenvalue weighted by atomic mass is 10.2. The number of aromatic carboxylic acids is 1. The van der Waals surface area contributed by atoms with E-state index in [9.17, 15) is 9.90 Å². The Morgan fingerprint density at radius 3 is 2.31 bits per heavy atom. The average Bonchev–Trinajstić information content (AvgIpc) is 3.07. The van der Waals surface area contributed by atoms with Gasteiger partial charge in [0.05, 0.1) is 31.2 Å². The number of carbonyl (C=O) groups is 1. The fourth-order valence-corrected chi connectivity index (χ4v) is 2.43. The highest BCUT2D eigenvalue weighted by atomic mass is 32.3. The van der Waals surface area contributed by atoms with Crippen LogP contribution in [-0.2, 0) is 10.4 Å². The minimum absolute atomic E-state index is 0.0644. The van der Waals surface area contributed by atoms with Crippen LogP contribution in [0, 0.1) is 0 Å². The quantitative estimate of drug-likeness (QED) is 0.464. The number of nitrogens with one attached hydrogen (secondary N) is 1. The highest BCUT2D eigenvalue weighted by Gasteiger charge is 2.07. The third-order valence-corrected chi connectivity index (χ3v) is 3.59. The van der Waals surface area contributed by atoms with Gasteiger partial charge in [0.25, 0.3) is 0 Å². The van der Waals surface area contributed by atoms with Crippen LogP contribution in [0.2, 0.25) is 0 Å². The molecule has 11 heteroatoms. The van der Waals surface area contributed by atoms with Gasteiger partial charge in [-0.15, -0.1) is 0 Å². The van der Waals surface area contributed by atoms with Gasteiger partial charge in [-0.25, -0.2) is 4.98 Å². The predicted octanol–water partition coefficient (Wildman–Crippen LogP) is 0.776. The first-order chi connectivity index (χ1) is 13.6. The van der Waals surface area contributed by atoms with E-state index in [0.717, 1.165) is 5.56 Å². The van der Waals surface area contributed by atoms with Gasteiger partial charge in [0.15, 0.2) is 11.5 Å². The summed E-state index contributed by atoms with van der Waals surface area (Å²) in [5, 5.41) is 11.1. The zero-order valence-electron chi connectivity index (χ0n) is 15.2. The van der Waals surface area contributed by atoms with Crippen molar-refractivity contribution < 1.29 is 36.9 Å². The number of para-hydroxylation sites is 1. The van der Waals surface area contributed by atoms with Gasteiger partial charge in [-0.1, -0.05) is 24.3 Å². The lowest BCUT2D eigenvalue weighted by molar-refractivity contribution is -0.254.